The largest absolute Gasteiger partial charge is 0.467 e. The Kier molecular flexibility index (Phi) is 3.09. The zero-order chi connectivity index (χ0) is 13.9. The smallest absolute Gasteiger partial charge is 0.349 e. The molecule has 0 aliphatic carbocycles. The van der Waals surface area contributed by atoms with E-state index >= 15 is 0 Å². The maximum absolute atomic E-state index is 12.0. The molecule has 2 heterocycles. The number of fused-ring (bicyclic) bond motifs is 1. The third-order valence-corrected chi connectivity index (χ3v) is 2.89. The van der Waals surface area contributed by atoms with Crippen LogP contribution in [-0.4, -0.2) is 5.91 Å². The lowest BCUT2D eigenvalue weighted by Crippen LogP contribution is -2.27. The average molecular weight is 269 g/mol. The molecule has 0 atom stereocenters. The number of hydrogen-bond donors (Lipinski definition) is 1. The fourth-order valence-electron chi connectivity index (χ4n) is 1.90. The molecule has 0 aliphatic heterocycles. The average Bonchev–Trinajstić information content (AvgIpc) is 2.97. The van der Waals surface area contributed by atoms with Gasteiger partial charge in [-0.15, -0.1) is 0 Å². The van der Waals surface area contributed by atoms with E-state index in [0.29, 0.717) is 16.7 Å². The van der Waals surface area contributed by atoms with Gasteiger partial charge in [-0.1, -0.05) is 18.2 Å². The second-order valence-electron chi connectivity index (χ2n) is 4.25. The molecular formula is C15H11NO4. The Balaban J connectivity index is 1.87. The number of amides is 1. The number of carbonyl (C=O) groups excluding carboxylic acids is 1. The first-order valence-electron chi connectivity index (χ1n) is 6.07. The van der Waals surface area contributed by atoms with Crippen LogP contribution in [0.25, 0.3) is 11.0 Å². The second-order valence-corrected chi connectivity index (χ2v) is 4.25. The molecule has 5 heteroatoms. The molecule has 1 N–H and O–H groups in total. The molecule has 0 fully saturated rings. The van der Waals surface area contributed by atoms with E-state index in [0.717, 1.165) is 0 Å². The van der Waals surface area contributed by atoms with Crippen LogP contribution >= 0.6 is 0 Å². The maximum atomic E-state index is 12.0. The first-order chi connectivity index (χ1) is 9.74. The van der Waals surface area contributed by atoms with Crippen molar-refractivity contribution < 1.29 is 13.6 Å². The Morgan fingerprint density at radius 1 is 1.15 bits per heavy atom. The summed E-state index contributed by atoms with van der Waals surface area (Å²) in [5, 5.41) is 3.32. The van der Waals surface area contributed by atoms with Gasteiger partial charge in [-0.05, 0) is 24.3 Å². The number of benzene rings is 1. The molecule has 0 unspecified atom stereocenters. The summed E-state index contributed by atoms with van der Waals surface area (Å²) in [6, 6.07) is 12.0. The molecule has 0 radical (unpaired) electrons. The Bertz CT molecular complexity index is 802. The topological polar surface area (TPSA) is 72.5 Å². The van der Waals surface area contributed by atoms with E-state index in [-0.39, 0.29) is 12.1 Å². The highest BCUT2D eigenvalue weighted by Gasteiger charge is 2.13. The van der Waals surface area contributed by atoms with Gasteiger partial charge in [-0.25, -0.2) is 4.79 Å². The van der Waals surface area contributed by atoms with Gasteiger partial charge in [0.05, 0.1) is 12.8 Å². The van der Waals surface area contributed by atoms with Gasteiger partial charge in [0.15, 0.2) is 0 Å². The fourth-order valence-corrected chi connectivity index (χ4v) is 1.90. The van der Waals surface area contributed by atoms with Gasteiger partial charge in [0.1, 0.15) is 16.9 Å². The Hall–Kier alpha value is -2.82. The quantitative estimate of drug-likeness (QED) is 0.740. The second kappa shape index (κ2) is 5.05. The van der Waals surface area contributed by atoms with Crippen molar-refractivity contribution in [3.63, 3.8) is 0 Å². The number of hydrogen-bond acceptors (Lipinski definition) is 4. The summed E-state index contributed by atoms with van der Waals surface area (Å²) < 4.78 is 10.2. The molecule has 5 nitrogen and oxygen atoms in total. The minimum Gasteiger partial charge on any atom is -0.467 e. The summed E-state index contributed by atoms with van der Waals surface area (Å²) in [7, 11) is 0. The molecule has 0 aliphatic rings. The number of carbonyl (C=O) groups is 1. The molecule has 1 aromatic carbocycles. The van der Waals surface area contributed by atoms with Crippen molar-refractivity contribution in [2.45, 2.75) is 6.54 Å². The number of rotatable bonds is 3. The minimum absolute atomic E-state index is 0.0183. The van der Waals surface area contributed by atoms with E-state index in [1.165, 1.54) is 12.3 Å². The van der Waals surface area contributed by atoms with Crippen LogP contribution in [0.3, 0.4) is 0 Å². The predicted octanol–water partition coefficient (Wildman–Crippen LogP) is 2.32. The summed E-state index contributed by atoms with van der Waals surface area (Å²) in [4.78, 5) is 23.8. The van der Waals surface area contributed by atoms with Gasteiger partial charge >= 0.3 is 5.63 Å². The first kappa shape index (κ1) is 12.2. The van der Waals surface area contributed by atoms with Crippen LogP contribution in [0.2, 0.25) is 0 Å². The third-order valence-electron chi connectivity index (χ3n) is 2.89. The van der Waals surface area contributed by atoms with E-state index in [1.54, 1.807) is 30.3 Å². The van der Waals surface area contributed by atoms with Crippen LogP contribution in [0.1, 0.15) is 16.1 Å². The third kappa shape index (κ3) is 2.33. The molecule has 0 bridgehead atoms. The van der Waals surface area contributed by atoms with Crippen LogP contribution < -0.4 is 10.9 Å². The minimum atomic E-state index is -0.652. The van der Waals surface area contributed by atoms with Gasteiger partial charge in [0, 0.05) is 5.39 Å². The molecule has 1 amide bonds. The monoisotopic (exact) mass is 269 g/mol. The van der Waals surface area contributed by atoms with Crippen molar-refractivity contribution in [3.05, 3.63) is 70.5 Å². The lowest BCUT2D eigenvalue weighted by molar-refractivity contribution is 0.0944. The summed E-state index contributed by atoms with van der Waals surface area (Å²) in [5.74, 6) is 0.129. The lowest BCUT2D eigenvalue weighted by Gasteiger charge is -2.03. The van der Waals surface area contributed by atoms with Gasteiger partial charge < -0.3 is 14.2 Å². The summed E-state index contributed by atoms with van der Waals surface area (Å²) >= 11 is 0. The first-order valence-corrected chi connectivity index (χ1v) is 6.07. The molecule has 0 saturated heterocycles. The van der Waals surface area contributed by atoms with E-state index in [1.807, 2.05) is 6.07 Å². The predicted molar refractivity (Wildman–Crippen MR) is 72.4 cm³/mol. The van der Waals surface area contributed by atoms with Crippen LogP contribution in [0.15, 0.2) is 62.4 Å². The van der Waals surface area contributed by atoms with E-state index < -0.39 is 11.5 Å². The van der Waals surface area contributed by atoms with Crippen molar-refractivity contribution in [1.82, 2.24) is 5.32 Å². The summed E-state index contributed by atoms with van der Waals surface area (Å²) in [6.45, 7) is 0.220. The number of furan rings is 1. The van der Waals surface area contributed by atoms with Crippen LogP contribution in [0.4, 0.5) is 0 Å². The molecule has 3 rings (SSSR count). The fraction of sp³-hybridized carbons (Fsp3) is 0.0667. The van der Waals surface area contributed by atoms with Gasteiger partial charge in [-0.2, -0.15) is 0 Å². The molecule has 0 spiro atoms. The number of nitrogens with one attached hydrogen (secondary N) is 1. The van der Waals surface area contributed by atoms with Crippen molar-refractivity contribution in [2.75, 3.05) is 0 Å². The van der Waals surface area contributed by atoms with Crippen molar-refractivity contribution in [1.29, 1.82) is 0 Å². The molecule has 20 heavy (non-hydrogen) atoms. The van der Waals surface area contributed by atoms with E-state index in [2.05, 4.69) is 5.32 Å². The van der Waals surface area contributed by atoms with Crippen LogP contribution in [0, 0.1) is 0 Å². The van der Waals surface area contributed by atoms with E-state index in [4.69, 9.17) is 8.83 Å². The highest BCUT2D eigenvalue weighted by atomic mass is 16.4. The molecule has 3 aromatic rings. The van der Waals surface area contributed by atoms with Crippen molar-refractivity contribution in [2.24, 2.45) is 0 Å². The molecule has 2 aromatic heterocycles. The molecular weight excluding hydrogens is 258 g/mol. The lowest BCUT2D eigenvalue weighted by atomic mass is 10.2. The maximum Gasteiger partial charge on any atom is 0.349 e. The Morgan fingerprint density at radius 3 is 2.80 bits per heavy atom. The number of para-hydroxylation sites is 1. The van der Waals surface area contributed by atoms with E-state index in [9.17, 15) is 9.59 Å². The van der Waals surface area contributed by atoms with Gasteiger partial charge in [0.25, 0.3) is 5.91 Å². The van der Waals surface area contributed by atoms with Crippen LogP contribution in [-0.2, 0) is 6.54 Å². The van der Waals surface area contributed by atoms with Crippen molar-refractivity contribution >= 4 is 16.9 Å². The normalized spacial score (nSPS) is 10.6. The highest BCUT2D eigenvalue weighted by Crippen LogP contribution is 2.12. The molecule has 100 valence electrons. The summed E-state index contributed by atoms with van der Waals surface area (Å²) in [5.41, 5.74) is -0.212. The van der Waals surface area contributed by atoms with Crippen molar-refractivity contribution in [3.8, 4) is 0 Å². The highest BCUT2D eigenvalue weighted by molar-refractivity contribution is 5.96. The Morgan fingerprint density at radius 2 is 2.00 bits per heavy atom. The zero-order valence-electron chi connectivity index (χ0n) is 10.5. The SMILES string of the molecule is O=C(NCc1ccco1)c1cc2ccccc2oc1=O. The van der Waals surface area contributed by atoms with Gasteiger partial charge in [-0.3, -0.25) is 4.79 Å². The van der Waals surface area contributed by atoms with Crippen LogP contribution in [0.5, 0.6) is 0 Å². The molecule has 0 saturated carbocycles. The standard InChI is InChI=1S/C15H11NO4/c17-14(16-9-11-5-3-7-19-11)12-8-10-4-1-2-6-13(10)20-15(12)18/h1-8H,9H2,(H,16,17). The summed E-state index contributed by atoms with van der Waals surface area (Å²) in [6.07, 6.45) is 1.52. The zero-order valence-corrected chi connectivity index (χ0v) is 10.5. The van der Waals surface area contributed by atoms with Gasteiger partial charge in [0.2, 0.25) is 0 Å². The Labute approximate surface area is 113 Å².